The van der Waals surface area contributed by atoms with E-state index in [1.807, 2.05) is 58.9 Å². The zero-order chi connectivity index (χ0) is 23.9. The van der Waals surface area contributed by atoms with Crippen molar-refractivity contribution >= 4 is 35.2 Å². The lowest BCUT2D eigenvalue weighted by molar-refractivity contribution is -0.140. The van der Waals surface area contributed by atoms with E-state index < -0.39 is 11.6 Å². The highest BCUT2D eigenvalue weighted by Crippen LogP contribution is 2.25. The maximum Gasteiger partial charge on any atom is 0.243 e. The van der Waals surface area contributed by atoms with E-state index in [0.29, 0.717) is 23.6 Å². The van der Waals surface area contributed by atoms with Gasteiger partial charge in [0, 0.05) is 28.4 Å². The Balaban J connectivity index is 2.20. The fourth-order valence-electron chi connectivity index (χ4n) is 3.37. The lowest BCUT2D eigenvalue weighted by atomic mass is 10.1. The molecule has 0 saturated carbocycles. The molecule has 0 aliphatic rings. The largest absolute Gasteiger partial charge is 0.350 e. The number of nitrogens with one attached hydrogen (secondary N) is 1. The Morgan fingerprint density at radius 2 is 1.88 bits per heavy atom. The summed E-state index contributed by atoms with van der Waals surface area (Å²) in [5, 5.41) is 3.34. The molecule has 0 bridgehead atoms. The summed E-state index contributed by atoms with van der Waals surface area (Å²) in [6.07, 6.45) is 0.489. The van der Waals surface area contributed by atoms with Gasteiger partial charge in [0.1, 0.15) is 11.9 Å². The Morgan fingerprint density at radius 3 is 2.47 bits per heavy atom. The van der Waals surface area contributed by atoms with E-state index in [4.69, 9.17) is 11.6 Å². The number of carbonyl (C=O) groups excluding carboxylic acids is 2. The first-order valence-electron chi connectivity index (χ1n) is 10.7. The number of amides is 2. The maximum absolute atomic E-state index is 14.1. The van der Waals surface area contributed by atoms with Crippen LogP contribution in [-0.2, 0) is 21.9 Å². The van der Waals surface area contributed by atoms with E-state index >= 15 is 0 Å². The Morgan fingerprint density at radius 1 is 1.19 bits per heavy atom. The summed E-state index contributed by atoms with van der Waals surface area (Å²) in [4.78, 5) is 27.9. The van der Waals surface area contributed by atoms with Gasteiger partial charge in [-0.25, -0.2) is 4.39 Å². The Hall–Kier alpha value is -2.05. The summed E-state index contributed by atoms with van der Waals surface area (Å²) in [6, 6.07) is 11.9. The fraction of sp³-hybridized carbons (Fsp3) is 0.440. The third kappa shape index (κ3) is 7.82. The number of thioether (sulfide) groups is 1. The van der Waals surface area contributed by atoms with Gasteiger partial charge >= 0.3 is 0 Å². The minimum atomic E-state index is -0.597. The van der Waals surface area contributed by atoms with Gasteiger partial charge in [-0.1, -0.05) is 54.4 Å². The minimum Gasteiger partial charge on any atom is -0.350 e. The van der Waals surface area contributed by atoms with Crippen LogP contribution in [0, 0.1) is 12.7 Å². The molecule has 0 radical (unpaired) electrons. The molecule has 1 N–H and O–H groups in total. The number of hydrogen-bond acceptors (Lipinski definition) is 3. The monoisotopic (exact) mass is 478 g/mol. The summed E-state index contributed by atoms with van der Waals surface area (Å²) in [5.74, 6) is -0.330. The number of halogens is 2. The smallest absolute Gasteiger partial charge is 0.243 e. The molecule has 0 aliphatic heterocycles. The number of rotatable bonds is 9. The number of nitrogens with zero attached hydrogens (tertiary/aromatic N) is 1. The number of aryl methyl sites for hydroxylation is 1. The van der Waals surface area contributed by atoms with Crippen LogP contribution in [0.3, 0.4) is 0 Å². The van der Waals surface area contributed by atoms with Crippen LogP contribution in [0.15, 0.2) is 42.5 Å². The van der Waals surface area contributed by atoms with Crippen molar-refractivity contribution in [3.63, 3.8) is 0 Å². The highest BCUT2D eigenvalue weighted by molar-refractivity contribution is 7.99. The number of benzene rings is 2. The molecule has 0 aromatic heterocycles. The normalized spacial score (nSPS) is 12.3. The van der Waals surface area contributed by atoms with Crippen molar-refractivity contribution in [1.82, 2.24) is 10.2 Å². The zero-order valence-electron chi connectivity index (χ0n) is 19.4. The molecule has 2 aromatic rings. The van der Waals surface area contributed by atoms with E-state index in [2.05, 4.69) is 5.32 Å². The second kappa shape index (κ2) is 11.7. The quantitative estimate of drug-likeness (QED) is 0.499. The van der Waals surface area contributed by atoms with Crippen molar-refractivity contribution in [3.05, 3.63) is 70.0 Å². The molecule has 2 aromatic carbocycles. The van der Waals surface area contributed by atoms with E-state index in [-0.39, 0.29) is 29.1 Å². The van der Waals surface area contributed by atoms with E-state index in [1.165, 1.54) is 17.8 Å². The van der Waals surface area contributed by atoms with Gasteiger partial charge in [-0.15, -0.1) is 11.8 Å². The molecule has 7 heteroatoms. The molecule has 2 rings (SSSR count). The molecule has 1 atom stereocenters. The van der Waals surface area contributed by atoms with E-state index in [9.17, 15) is 14.0 Å². The fourth-order valence-corrected chi connectivity index (χ4v) is 4.62. The number of hydrogen-bond donors (Lipinski definition) is 1. The lowest BCUT2D eigenvalue weighted by Crippen LogP contribution is -2.53. The van der Waals surface area contributed by atoms with Crippen LogP contribution in [0.2, 0.25) is 5.02 Å². The summed E-state index contributed by atoms with van der Waals surface area (Å²) in [7, 11) is 0. The van der Waals surface area contributed by atoms with Crippen molar-refractivity contribution in [2.75, 3.05) is 5.75 Å². The van der Waals surface area contributed by atoms with Gasteiger partial charge in [0.05, 0.1) is 5.75 Å². The van der Waals surface area contributed by atoms with Gasteiger partial charge in [-0.3, -0.25) is 9.59 Å². The lowest BCUT2D eigenvalue weighted by Gasteiger charge is -2.33. The molecule has 174 valence electrons. The highest BCUT2D eigenvalue weighted by Gasteiger charge is 2.30. The van der Waals surface area contributed by atoms with Gasteiger partial charge < -0.3 is 10.2 Å². The van der Waals surface area contributed by atoms with Gasteiger partial charge in [-0.05, 0) is 51.8 Å². The van der Waals surface area contributed by atoms with Crippen molar-refractivity contribution < 1.29 is 14.0 Å². The predicted molar refractivity (Wildman–Crippen MR) is 131 cm³/mol. The van der Waals surface area contributed by atoms with E-state index in [1.54, 1.807) is 17.0 Å². The molecule has 0 fully saturated rings. The molecule has 32 heavy (non-hydrogen) atoms. The third-order valence-electron chi connectivity index (χ3n) is 4.85. The van der Waals surface area contributed by atoms with Crippen molar-refractivity contribution in [3.8, 4) is 0 Å². The zero-order valence-corrected chi connectivity index (χ0v) is 20.9. The Labute approximate surface area is 199 Å². The first-order chi connectivity index (χ1) is 15.0. The molecule has 0 aliphatic carbocycles. The predicted octanol–water partition coefficient (Wildman–Crippen LogP) is 5.74. The van der Waals surface area contributed by atoms with Crippen molar-refractivity contribution in [1.29, 1.82) is 0 Å². The topological polar surface area (TPSA) is 49.4 Å². The molecule has 0 saturated heterocycles. The molecule has 0 heterocycles. The van der Waals surface area contributed by atoms with Gasteiger partial charge in [0.15, 0.2) is 0 Å². The molecule has 0 spiro atoms. The Kier molecular flexibility index (Phi) is 9.59. The van der Waals surface area contributed by atoms with Crippen LogP contribution in [-0.4, -0.2) is 34.0 Å². The van der Waals surface area contributed by atoms with Crippen LogP contribution in [0.5, 0.6) is 0 Å². The minimum absolute atomic E-state index is 0.121. The molecule has 4 nitrogen and oxygen atoms in total. The van der Waals surface area contributed by atoms with Gasteiger partial charge in [0.2, 0.25) is 11.8 Å². The maximum atomic E-state index is 14.1. The van der Waals surface area contributed by atoms with Gasteiger partial charge in [0.25, 0.3) is 0 Å². The van der Waals surface area contributed by atoms with Crippen LogP contribution >= 0.6 is 23.4 Å². The summed E-state index contributed by atoms with van der Waals surface area (Å²) < 4.78 is 14.1. The molecule has 2 amide bonds. The first-order valence-corrected chi connectivity index (χ1v) is 12.2. The average molecular weight is 479 g/mol. The molecular weight excluding hydrogens is 447 g/mol. The highest BCUT2D eigenvalue weighted by atomic mass is 35.5. The summed E-state index contributed by atoms with van der Waals surface area (Å²) >= 11 is 7.39. The molecule has 1 unspecified atom stereocenters. The van der Waals surface area contributed by atoms with Crippen LogP contribution in [0.1, 0.15) is 50.8 Å². The van der Waals surface area contributed by atoms with Gasteiger partial charge in [-0.2, -0.15) is 0 Å². The molecular formula is C25H32ClFN2O2S. The second-order valence-electron chi connectivity index (χ2n) is 8.87. The number of carbonyl (C=O) groups is 2. The van der Waals surface area contributed by atoms with E-state index in [0.717, 1.165) is 11.1 Å². The van der Waals surface area contributed by atoms with Crippen molar-refractivity contribution in [2.24, 2.45) is 0 Å². The second-order valence-corrected chi connectivity index (χ2v) is 10.3. The summed E-state index contributed by atoms with van der Waals surface area (Å²) in [5.41, 5.74) is 2.03. The average Bonchev–Trinajstić information content (AvgIpc) is 2.68. The van der Waals surface area contributed by atoms with Crippen LogP contribution in [0.25, 0.3) is 0 Å². The van der Waals surface area contributed by atoms with Crippen molar-refractivity contribution in [2.45, 2.75) is 64.9 Å². The Bertz CT molecular complexity index is 926. The third-order valence-corrected chi connectivity index (χ3v) is 6.15. The SMILES string of the molecule is CCC(C(=O)NC(C)(C)C)N(Cc1cccc(C)c1)C(=O)CSCc1c(F)cccc1Cl. The standard InChI is InChI=1S/C25H32ClFN2O2S/c1-6-22(24(31)28-25(3,4)5)29(14-18-10-7-9-17(2)13-18)23(30)16-32-15-19-20(26)11-8-12-21(19)27/h7-13,22H,6,14-16H2,1-5H3,(H,28,31). The summed E-state index contributed by atoms with van der Waals surface area (Å²) in [6.45, 7) is 9.97. The van der Waals surface area contributed by atoms with Crippen LogP contribution < -0.4 is 5.32 Å². The first kappa shape index (κ1) is 26.2. The van der Waals surface area contributed by atoms with Crippen LogP contribution in [0.4, 0.5) is 4.39 Å².